The molecule has 0 heterocycles. The largest absolute Gasteiger partial charge is 0.392 e. The van der Waals surface area contributed by atoms with Crippen molar-refractivity contribution >= 4 is 10.1 Å². The van der Waals surface area contributed by atoms with E-state index in [1.807, 2.05) is 0 Å². The quantitative estimate of drug-likeness (QED) is 0.230. The highest BCUT2D eigenvalue weighted by Gasteiger charge is 2.29. The molecule has 25 heavy (non-hydrogen) atoms. The van der Waals surface area contributed by atoms with E-state index in [2.05, 4.69) is 13.8 Å². The lowest BCUT2D eigenvalue weighted by Crippen LogP contribution is -2.33. The van der Waals surface area contributed by atoms with E-state index in [0.717, 1.165) is 38.5 Å². The van der Waals surface area contributed by atoms with Gasteiger partial charge in [-0.3, -0.25) is 4.55 Å². The molecule has 0 aromatic carbocycles. The van der Waals surface area contributed by atoms with Gasteiger partial charge in [0.1, 0.15) is 5.25 Å². The minimum absolute atomic E-state index is 0.364. The summed E-state index contributed by atoms with van der Waals surface area (Å²) in [7, 11) is -4.17. The first-order valence-corrected chi connectivity index (χ1v) is 12.1. The van der Waals surface area contributed by atoms with Crippen molar-refractivity contribution in [3.05, 3.63) is 0 Å². The third-order valence-corrected chi connectivity index (χ3v) is 6.32. The Balaban J connectivity index is 3.94. The molecule has 2 unspecified atom stereocenters. The summed E-state index contributed by atoms with van der Waals surface area (Å²) in [5.74, 6) is 0. The highest BCUT2D eigenvalue weighted by atomic mass is 32.2. The predicted molar refractivity (Wildman–Crippen MR) is 107 cm³/mol. The summed E-state index contributed by atoms with van der Waals surface area (Å²) in [6.07, 6.45) is 15.6. The number of aliphatic hydroxyl groups excluding tert-OH is 1. The fourth-order valence-electron chi connectivity index (χ4n) is 3.34. The minimum atomic E-state index is -4.17. The van der Waals surface area contributed by atoms with Crippen LogP contribution in [0.5, 0.6) is 0 Å². The summed E-state index contributed by atoms with van der Waals surface area (Å²) >= 11 is 0. The molecule has 0 bridgehead atoms. The van der Waals surface area contributed by atoms with Gasteiger partial charge in [0.05, 0.1) is 6.10 Å². The van der Waals surface area contributed by atoms with Gasteiger partial charge in [-0.1, -0.05) is 104 Å². The summed E-state index contributed by atoms with van der Waals surface area (Å²) in [6.45, 7) is 4.37. The molecule has 0 aliphatic rings. The Bertz CT molecular complexity index is 381. The van der Waals surface area contributed by atoms with E-state index in [1.165, 1.54) is 51.4 Å². The second kappa shape index (κ2) is 16.1. The van der Waals surface area contributed by atoms with Gasteiger partial charge < -0.3 is 5.11 Å². The zero-order chi connectivity index (χ0) is 19.0. The van der Waals surface area contributed by atoms with Gasteiger partial charge in [0.25, 0.3) is 10.1 Å². The van der Waals surface area contributed by atoms with Crippen LogP contribution in [0.4, 0.5) is 0 Å². The van der Waals surface area contributed by atoms with E-state index < -0.39 is 21.5 Å². The minimum Gasteiger partial charge on any atom is -0.392 e. The molecule has 0 spiro atoms. The van der Waals surface area contributed by atoms with Gasteiger partial charge in [0.2, 0.25) is 0 Å². The summed E-state index contributed by atoms with van der Waals surface area (Å²) in [4.78, 5) is 0. The smallest absolute Gasteiger partial charge is 0.270 e. The normalized spacial score (nSPS) is 14.6. The molecule has 5 heteroatoms. The van der Waals surface area contributed by atoms with Crippen molar-refractivity contribution in [1.29, 1.82) is 0 Å². The molecule has 0 aromatic rings. The van der Waals surface area contributed by atoms with Crippen molar-refractivity contribution in [2.45, 2.75) is 128 Å². The highest BCUT2D eigenvalue weighted by Crippen LogP contribution is 2.20. The molecular formula is C20H42O4S. The summed E-state index contributed by atoms with van der Waals surface area (Å²) in [5, 5.41) is 9.21. The van der Waals surface area contributed by atoms with Crippen LogP contribution in [-0.4, -0.2) is 29.4 Å². The molecule has 0 saturated heterocycles. The lowest BCUT2D eigenvalue weighted by atomic mass is 10.0. The average molecular weight is 379 g/mol. The zero-order valence-electron chi connectivity index (χ0n) is 16.6. The molecule has 4 nitrogen and oxygen atoms in total. The maximum atomic E-state index is 11.6. The first kappa shape index (κ1) is 24.9. The molecule has 0 aliphatic heterocycles. The number of hydrogen-bond donors (Lipinski definition) is 2. The average Bonchev–Trinajstić information content (AvgIpc) is 2.55. The number of rotatable bonds is 18. The van der Waals surface area contributed by atoms with E-state index in [4.69, 9.17) is 0 Å². The Morgan fingerprint density at radius 1 is 0.640 bits per heavy atom. The van der Waals surface area contributed by atoms with E-state index in [-0.39, 0.29) is 0 Å². The van der Waals surface area contributed by atoms with Crippen molar-refractivity contribution in [2.24, 2.45) is 0 Å². The van der Waals surface area contributed by atoms with Crippen molar-refractivity contribution in [3.8, 4) is 0 Å². The Morgan fingerprint density at radius 2 is 1.00 bits per heavy atom. The Morgan fingerprint density at radius 3 is 1.40 bits per heavy atom. The molecule has 2 N–H and O–H groups in total. The summed E-state index contributed by atoms with van der Waals surface area (Å²) in [5.41, 5.74) is 0. The van der Waals surface area contributed by atoms with Crippen LogP contribution in [0.3, 0.4) is 0 Å². The van der Waals surface area contributed by atoms with Crippen LogP contribution < -0.4 is 0 Å². The van der Waals surface area contributed by atoms with E-state index in [9.17, 15) is 18.1 Å². The second-order valence-corrected chi connectivity index (χ2v) is 9.08. The van der Waals surface area contributed by atoms with Crippen LogP contribution >= 0.6 is 0 Å². The Kier molecular flexibility index (Phi) is 16.0. The fraction of sp³-hybridized carbons (Fsp3) is 1.00. The Labute approximate surface area is 156 Å². The van der Waals surface area contributed by atoms with Crippen LogP contribution in [0.15, 0.2) is 0 Å². The van der Waals surface area contributed by atoms with E-state index in [1.54, 1.807) is 0 Å². The summed E-state index contributed by atoms with van der Waals surface area (Å²) < 4.78 is 32.6. The van der Waals surface area contributed by atoms with E-state index in [0.29, 0.717) is 12.8 Å². The maximum Gasteiger partial charge on any atom is 0.270 e. The third kappa shape index (κ3) is 14.7. The molecule has 0 rings (SSSR count). The number of aliphatic hydroxyl groups is 1. The molecule has 152 valence electrons. The lowest BCUT2D eigenvalue weighted by Gasteiger charge is -2.20. The lowest BCUT2D eigenvalue weighted by molar-refractivity contribution is 0.146. The SMILES string of the molecule is CCCCCCCCCCC(O)C(CCCCCCCC)S(=O)(=O)O. The van der Waals surface area contributed by atoms with Crippen LogP contribution in [0.2, 0.25) is 0 Å². The van der Waals surface area contributed by atoms with Gasteiger partial charge in [-0.05, 0) is 12.8 Å². The van der Waals surface area contributed by atoms with Crippen LogP contribution in [0.1, 0.15) is 117 Å². The van der Waals surface area contributed by atoms with Gasteiger partial charge in [-0.15, -0.1) is 0 Å². The molecule has 0 fully saturated rings. The molecular weight excluding hydrogens is 336 g/mol. The number of hydrogen-bond acceptors (Lipinski definition) is 3. The monoisotopic (exact) mass is 378 g/mol. The topological polar surface area (TPSA) is 74.6 Å². The Hall–Kier alpha value is -0.130. The van der Waals surface area contributed by atoms with Crippen LogP contribution in [0.25, 0.3) is 0 Å². The first-order chi connectivity index (χ1) is 11.9. The van der Waals surface area contributed by atoms with Crippen molar-refractivity contribution in [1.82, 2.24) is 0 Å². The second-order valence-electron chi connectivity index (χ2n) is 7.44. The molecule has 0 radical (unpaired) electrons. The standard InChI is InChI=1S/C20H42O4S/c1-3-5-7-9-11-12-13-15-17-19(21)20(25(22,23)24)18-16-14-10-8-6-4-2/h19-21H,3-18H2,1-2H3,(H,22,23,24). The van der Waals surface area contributed by atoms with Crippen molar-refractivity contribution in [3.63, 3.8) is 0 Å². The zero-order valence-corrected chi connectivity index (χ0v) is 17.4. The van der Waals surface area contributed by atoms with E-state index >= 15 is 0 Å². The van der Waals surface area contributed by atoms with Gasteiger partial charge in [0, 0.05) is 0 Å². The van der Waals surface area contributed by atoms with Gasteiger partial charge in [-0.2, -0.15) is 8.42 Å². The highest BCUT2D eigenvalue weighted by molar-refractivity contribution is 7.86. The first-order valence-electron chi connectivity index (χ1n) is 10.6. The van der Waals surface area contributed by atoms with Crippen molar-refractivity contribution < 1.29 is 18.1 Å². The molecule has 0 aromatic heterocycles. The van der Waals surface area contributed by atoms with Crippen molar-refractivity contribution in [2.75, 3.05) is 0 Å². The molecule has 2 atom stereocenters. The molecule has 0 aliphatic carbocycles. The van der Waals surface area contributed by atoms with Gasteiger partial charge in [0.15, 0.2) is 0 Å². The van der Waals surface area contributed by atoms with Crippen LogP contribution in [0, 0.1) is 0 Å². The van der Waals surface area contributed by atoms with Gasteiger partial charge in [-0.25, -0.2) is 0 Å². The molecule has 0 saturated carbocycles. The van der Waals surface area contributed by atoms with Gasteiger partial charge >= 0.3 is 0 Å². The molecule has 0 amide bonds. The maximum absolute atomic E-state index is 11.6. The predicted octanol–water partition coefficient (Wildman–Crippen LogP) is 5.89. The third-order valence-electron chi connectivity index (χ3n) is 5.01. The number of unbranched alkanes of at least 4 members (excludes halogenated alkanes) is 12. The summed E-state index contributed by atoms with van der Waals surface area (Å²) in [6, 6.07) is 0. The van der Waals surface area contributed by atoms with Crippen LogP contribution in [-0.2, 0) is 10.1 Å². The fourth-order valence-corrected chi connectivity index (χ4v) is 4.34.